The van der Waals surface area contributed by atoms with Gasteiger partial charge in [0, 0.05) is 24.3 Å². The topological polar surface area (TPSA) is 69.2 Å². The zero-order chi connectivity index (χ0) is 13.3. The van der Waals surface area contributed by atoms with Crippen molar-refractivity contribution in [2.45, 2.75) is 45.6 Å². The number of nitrogens with one attached hydrogen (secondary N) is 1. The standard InChI is InChI=1S/C13H21N3O2/c1-9-11(10(2)15-14-9)7-12(17)16-6-4-5-13(3,18)8-16/h18H,4-8H2,1-3H3,(H,14,15). The van der Waals surface area contributed by atoms with E-state index in [0.717, 1.165) is 36.3 Å². The molecule has 5 heteroatoms. The minimum absolute atomic E-state index is 0.0718. The molecule has 5 nitrogen and oxygen atoms in total. The molecule has 0 saturated carbocycles. The average Bonchev–Trinajstić information content (AvgIpc) is 2.59. The lowest BCUT2D eigenvalue weighted by molar-refractivity contribution is -0.136. The lowest BCUT2D eigenvalue weighted by atomic mass is 9.94. The predicted molar refractivity (Wildman–Crippen MR) is 68.2 cm³/mol. The van der Waals surface area contributed by atoms with E-state index in [2.05, 4.69) is 10.2 Å². The molecule has 1 fully saturated rings. The molecule has 1 saturated heterocycles. The fourth-order valence-electron chi connectivity index (χ4n) is 2.53. The molecule has 2 rings (SSSR count). The van der Waals surface area contributed by atoms with Crippen LogP contribution in [0, 0.1) is 13.8 Å². The Morgan fingerprint density at radius 3 is 2.83 bits per heavy atom. The van der Waals surface area contributed by atoms with Gasteiger partial charge in [-0.2, -0.15) is 5.10 Å². The first-order valence-corrected chi connectivity index (χ1v) is 6.40. The highest BCUT2D eigenvalue weighted by Gasteiger charge is 2.31. The molecule has 0 spiro atoms. The molecule has 1 atom stereocenters. The zero-order valence-electron chi connectivity index (χ0n) is 11.3. The number of carbonyl (C=O) groups is 1. The lowest BCUT2D eigenvalue weighted by Gasteiger charge is -2.36. The molecule has 2 heterocycles. The second-order valence-electron chi connectivity index (χ2n) is 5.51. The Balaban J connectivity index is 2.04. The van der Waals surface area contributed by atoms with Crippen molar-refractivity contribution in [3.63, 3.8) is 0 Å². The van der Waals surface area contributed by atoms with Crippen molar-refractivity contribution >= 4 is 5.91 Å². The number of hydrogen-bond donors (Lipinski definition) is 2. The lowest BCUT2D eigenvalue weighted by Crippen LogP contribution is -2.49. The molecule has 100 valence electrons. The molecule has 1 amide bonds. The molecule has 0 radical (unpaired) electrons. The van der Waals surface area contributed by atoms with Gasteiger partial charge in [-0.05, 0) is 33.6 Å². The van der Waals surface area contributed by atoms with Crippen LogP contribution in [0.1, 0.15) is 36.7 Å². The summed E-state index contributed by atoms with van der Waals surface area (Å²) in [6, 6.07) is 0. The molecule has 1 aromatic heterocycles. The van der Waals surface area contributed by atoms with E-state index in [1.165, 1.54) is 0 Å². The summed E-state index contributed by atoms with van der Waals surface area (Å²) in [5.41, 5.74) is 2.06. The summed E-state index contributed by atoms with van der Waals surface area (Å²) in [6.45, 7) is 6.79. The molecule has 1 unspecified atom stereocenters. The van der Waals surface area contributed by atoms with E-state index in [1.807, 2.05) is 13.8 Å². The van der Waals surface area contributed by atoms with Gasteiger partial charge in [-0.15, -0.1) is 0 Å². The van der Waals surface area contributed by atoms with Crippen LogP contribution in [0.4, 0.5) is 0 Å². The number of aromatic amines is 1. The Morgan fingerprint density at radius 1 is 1.56 bits per heavy atom. The van der Waals surface area contributed by atoms with E-state index in [1.54, 1.807) is 11.8 Å². The number of amides is 1. The fourth-order valence-corrected chi connectivity index (χ4v) is 2.53. The number of H-pyrrole nitrogens is 1. The summed E-state index contributed by atoms with van der Waals surface area (Å²) in [7, 11) is 0. The normalized spacial score (nSPS) is 24.3. The molecule has 1 aliphatic heterocycles. The minimum Gasteiger partial charge on any atom is -0.388 e. The van der Waals surface area contributed by atoms with Crippen molar-refractivity contribution in [2.75, 3.05) is 13.1 Å². The molecule has 0 bridgehead atoms. The van der Waals surface area contributed by atoms with E-state index in [-0.39, 0.29) is 5.91 Å². The summed E-state index contributed by atoms with van der Waals surface area (Å²) in [4.78, 5) is 14.0. The van der Waals surface area contributed by atoms with Crippen LogP contribution < -0.4 is 0 Å². The van der Waals surface area contributed by atoms with Gasteiger partial charge in [0.2, 0.25) is 5.91 Å². The first kappa shape index (κ1) is 13.1. The monoisotopic (exact) mass is 251 g/mol. The van der Waals surface area contributed by atoms with Gasteiger partial charge >= 0.3 is 0 Å². The van der Waals surface area contributed by atoms with Crippen LogP contribution in [-0.2, 0) is 11.2 Å². The van der Waals surface area contributed by atoms with Gasteiger partial charge in [0.15, 0.2) is 0 Å². The van der Waals surface area contributed by atoms with Crippen molar-refractivity contribution in [1.82, 2.24) is 15.1 Å². The second-order valence-corrected chi connectivity index (χ2v) is 5.51. The van der Waals surface area contributed by atoms with Gasteiger partial charge in [-0.25, -0.2) is 0 Å². The van der Waals surface area contributed by atoms with Gasteiger partial charge in [0.1, 0.15) is 0 Å². The van der Waals surface area contributed by atoms with Crippen LogP contribution in [0.25, 0.3) is 0 Å². The number of likely N-dealkylation sites (tertiary alicyclic amines) is 1. The van der Waals surface area contributed by atoms with Crippen LogP contribution in [-0.4, -0.2) is 44.8 Å². The van der Waals surface area contributed by atoms with E-state index in [4.69, 9.17) is 0 Å². The SMILES string of the molecule is Cc1n[nH]c(C)c1CC(=O)N1CCCC(C)(O)C1. The number of rotatable bonds is 2. The number of carbonyl (C=O) groups excluding carboxylic acids is 1. The molecular formula is C13H21N3O2. The van der Waals surface area contributed by atoms with Crippen molar-refractivity contribution < 1.29 is 9.90 Å². The highest BCUT2D eigenvalue weighted by molar-refractivity contribution is 5.79. The Morgan fingerprint density at radius 2 is 2.28 bits per heavy atom. The number of aliphatic hydroxyl groups is 1. The van der Waals surface area contributed by atoms with Gasteiger partial charge in [-0.1, -0.05) is 0 Å². The third-order valence-corrected chi connectivity index (χ3v) is 3.64. The molecule has 0 aliphatic carbocycles. The maximum absolute atomic E-state index is 12.2. The number of hydrogen-bond acceptors (Lipinski definition) is 3. The Bertz CT molecular complexity index is 432. The largest absolute Gasteiger partial charge is 0.388 e. The zero-order valence-corrected chi connectivity index (χ0v) is 11.3. The summed E-state index contributed by atoms with van der Waals surface area (Å²) < 4.78 is 0. The van der Waals surface area contributed by atoms with Gasteiger partial charge in [0.25, 0.3) is 0 Å². The Labute approximate surface area is 107 Å². The second kappa shape index (κ2) is 4.72. The fraction of sp³-hybridized carbons (Fsp3) is 0.692. The molecule has 18 heavy (non-hydrogen) atoms. The smallest absolute Gasteiger partial charge is 0.227 e. The van der Waals surface area contributed by atoms with E-state index >= 15 is 0 Å². The summed E-state index contributed by atoms with van der Waals surface area (Å²) >= 11 is 0. The van der Waals surface area contributed by atoms with Gasteiger partial charge < -0.3 is 10.0 Å². The third-order valence-electron chi connectivity index (χ3n) is 3.64. The highest BCUT2D eigenvalue weighted by Crippen LogP contribution is 2.21. The Kier molecular flexibility index (Phi) is 3.43. The first-order valence-electron chi connectivity index (χ1n) is 6.40. The summed E-state index contributed by atoms with van der Waals surface area (Å²) in [5, 5.41) is 17.0. The first-order chi connectivity index (χ1) is 8.39. The molecule has 1 aliphatic rings. The number of β-amino-alcohol motifs (C(OH)–C–C–N with tert-alkyl or cyclic N) is 1. The van der Waals surface area contributed by atoms with E-state index in [9.17, 15) is 9.90 Å². The van der Waals surface area contributed by atoms with Crippen molar-refractivity contribution in [2.24, 2.45) is 0 Å². The van der Waals surface area contributed by atoms with Crippen molar-refractivity contribution in [3.05, 3.63) is 17.0 Å². The molecule has 1 aromatic rings. The average molecular weight is 251 g/mol. The maximum atomic E-state index is 12.2. The number of aryl methyl sites for hydroxylation is 2. The van der Waals surface area contributed by atoms with Crippen LogP contribution in [0.15, 0.2) is 0 Å². The number of aromatic nitrogens is 2. The third kappa shape index (κ3) is 2.72. The van der Waals surface area contributed by atoms with Crippen molar-refractivity contribution in [1.29, 1.82) is 0 Å². The highest BCUT2D eigenvalue weighted by atomic mass is 16.3. The summed E-state index contributed by atoms with van der Waals surface area (Å²) in [5.74, 6) is 0.0718. The Hall–Kier alpha value is -1.36. The number of piperidine rings is 1. The molecule has 0 aromatic carbocycles. The van der Waals surface area contributed by atoms with Gasteiger partial charge in [-0.3, -0.25) is 9.89 Å². The summed E-state index contributed by atoms with van der Waals surface area (Å²) in [6.07, 6.45) is 1.99. The molecule has 2 N–H and O–H groups in total. The van der Waals surface area contributed by atoms with Crippen LogP contribution >= 0.6 is 0 Å². The quantitative estimate of drug-likeness (QED) is 0.822. The number of nitrogens with zero attached hydrogens (tertiary/aromatic N) is 2. The van der Waals surface area contributed by atoms with Crippen LogP contribution in [0.2, 0.25) is 0 Å². The molecular weight excluding hydrogens is 230 g/mol. The maximum Gasteiger partial charge on any atom is 0.227 e. The van der Waals surface area contributed by atoms with Crippen LogP contribution in [0.3, 0.4) is 0 Å². The van der Waals surface area contributed by atoms with E-state index < -0.39 is 5.60 Å². The minimum atomic E-state index is -0.742. The van der Waals surface area contributed by atoms with Crippen molar-refractivity contribution in [3.8, 4) is 0 Å². The predicted octanol–water partition coefficient (Wildman–Crippen LogP) is 0.942. The van der Waals surface area contributed by atoms with E-state index in [0.29, 0.717) is 13.0 Å². The van der Waals surface area contributed by atoms with Crippen LogP contribution in [0.5, 0.6) is 0 Å². The van der Waals surface area contributed by atoms with Gasteiger partial charge in [0.05, 0.1) is 17.7 Å².